The molecule has 114 valence electrons. The molecule has 0 aliphatic heterocycles. The molecule has 2 N–H and O–H groups in total. The minimum Gasteiger partial charge on any atom is -0.494 e. The first-order valence-corrected chi connectivity index (χ1v) is 6.48. The highest BCUT2D eigenvalue weighted by molar-refractivity contribution is 5.29. The van der Waals surface area contributed by atoms with E-state index in [1.54, 1.807) is 24.3 Å². The van der Waals surface area contributed by atoms with Crippen LogP contribution in [0.1, 0.15) is 24.1 Å². The van der Waals surface area contributed by atoms with Gasteiger partial charge >= 0.3 is 6.18 Å². The summed E-state index contributed by atoms with van der Waals surface area (Å²) in [6.07, 6.45) is -2.64. The lowest BCUT2D eigenvalue weighted by Gasteiger charge is -2.13. The van der Waals surface area contributed by atoms with E-state index < -0.39 is 17.8 Å². The minimum absolute atomic E-state index is 0.171. The molecule has 2 aromatic rings. The SMILES string of the molecule is CCOc1ccc(C(N)Cn2cc(C(F)(F)F)cn2)cc1. The molecule has 0 bridgehead atoms. The molecule has 0 spiro atoms. The summed E-state index contributed by atoms with van der Waals surface area (Å²) in [5.74, 6) is 0.729. The number of hydrogen-bond donors (Lipinski definition) is 1. The van der Waals surface area contributed by atoms with Crippen LogP contribution in [-0.2, 0) is 12.7 Å². The number of rotatable bonds is 5. The molecule has 0 amide bonds. The number of hydrogen-bond acceptors (Lipinski definition) is 3. The molecule has 1 aromatic heterocycles. The summed E-state index contributed by atoms with van der Waals surface area (Å²) in [6, 6.07) is 6.71. The summed E-state index contributed by atoms with van der Waals surface area (Å²) in [6.45, 7) is 2.62. The van der Waals surface area contributed by atoms with Gasteiger partial charge in [0.15, 0.2) is 0 Å². The molecular weight excluding hydrogens is 283 g/mol. The third kappa shape index (κ3) is 3.98. The van der Waals surface area contributed by atoms with Gasteiger partial charge in [0.25, 0.3) is 0 Å². The van der Waals surface area contributed by atoms with Crippen LogP contribution in [0.25, 0.3) is 0 Å². The zero-order chi connectivity index (χ0) is 15.5. The van der Waals surface area contributed by atoms with Crippen molar-refractivity contribution in [1.82, 2.24) is 9.78 Å². The summed E-state index contributed by atoms with van der Waals surface area (Å²) in [5.41, 5.74) is 6.02. The van der Waals surface area contributed by atoms with Gasteiger partial charge in [0.2, 0.25) is 0 Å². The topological polar surface area (TPSA) is 53.1 Å². The normalized spacial score (nSPS) is 13.2. The van der Waals surface area contributed by atoms with E-state index in [-0.39, 0.29) is 6.54 Å². The molecule has 0 aliphatic rings. The molecule has 0 aliphatic carbocycles. The van der Waals surface area contributed by atoms with Crippen molar-refractivity contribution in [2.45, 2.75) is 25.7 Å². The van der Waals surface area contributed by atoms with E-state index in [9.17, 15) is 13.2 Å². The molecule has 0 radical (unpaired) electrons. The molecule has 0 fully saturated rings. The summed E-state index contributed by atoms with van der Waals surface area (Å²) in [4.78, 5) is 0. The first-order chi connectivity index (χ1) is 9.90. The van der Waals surface area contributed by atoms with Crippen LogP contribution < -0.4 is 10.5 Å². The second-order valence-corrected chi connectivity index (χ2v) is 4.56. The van der Waals surface area contributed by atoms with Gasteiger partial charge in [-0.25, -0.2) is 0 Å². The fraction of sp³-hybridized carbons (Fsp3) is 0.357. The highest BCUT2D eigenvalue weighted by atomic mass is 19.4. The monoisotopic (exact) mass is 299 g/mol. The number of nitrogens with two attached hydrogens (primary N) is 1. The minimum atomic E-state index is -4.39. The molecule has 4 nitrogen and oxygen atoms in total. The third-order valence-corrected chi connectivity index (χ3v) is 2.96. The average Bonchev–Trinajstić information content (AvgIpc) is 2.88. The van der Waals surface area contributed by atoms with Crippen LogP contribution in [0.2, 0.25) is 0 Å². The maximum atomic E-state index is 12.5. The number of nitrogens with zero attached hydrogens (tertiary/aromatic N) is 2. The molecule has 21 heavy (non-hydrogen) atoms. The Morgan fingerprint density at radius 1 is 1.29 bits per heavy atom. The van der Waals surface area contributed by atoms with E-state index in [4.69, 9.17) is 10.5 Å². The Hall–Kier alpha value is -2.02. The van der Waals surface area contributed by atoms with Gasteiger partial charge in [-0.05, 0) is 24.6 Å². The second kappa shape index (κ2) is 6.17. The zero-order valence-corrected chi connectivity index (χ0v) is 11.5. The van der Waals surface area contributed by atoms with Gasteiger partial charge in [-0.3, -0.25) is 4.68 Å². The van der Waals surface area contributed by atoms with E-state index in [0.717, 1.165) is 23.7 Å². The summed E-state index contributed by atoms with van der Waals surface area (Å²) >= 11 is 0. The van der Waals surface area contributed by atoms with Crippen molar-refractivity contribution in [2.75, 3.05) is 6.61 Å². The van der Waals surface area contributed by atoms with Crippen LogP contribution in [0.4, 0.5) is 13.2 Å². The van der Waals surface area contributed by atoms with Gasteiger partial charge in [0.1, 0.15) is 5.75 Å². The van der Waals surface area contributed by atoms with Crippen LogP contribution in [0.3, 0.4) is 0 Å². The zero-order valence-electron chi connectivity index (χ0n) is 11.5. The van der Waals surface area contributed by atoms with E-state index >= 15 is 0 Å². The Bertz CT molecular complexity index is 578. The van der Waals surface area contributed by atoms with Gasteiger partial charge < -0.3 is 10.5 Å². The van der Waals surface area contributed by atoms with Crippen LogP contribution >= 0.6 is 0 Å². The van der Waals surface area contributed by atoms with Crippen LogP contribution in [-0.4, -0.2) is 16.4 Å². The number of halogens is 3. The second-order valence-electron chi connectivity index (χ2n) is 4.56. The van der Waals surface area contributed by atoms with Gasteiger partial charge in [-0.2, -0.15) is 18.3 Å². The van der Waals surface area contributed by atoms with Crippen molar-refractivity contribution in [3.05, 3.63) is 47.8 Å². The van der Waals surface area contributed by atoms with Crippen LogP contribution in [0, 0.1) is 0 Å². The molecule has 0 saturated heterocycles. The quantitative estimate of drug-likeness (QED) is 0.923. The van der Waals surface area contributed by atoms with E-state index in [2.05, 4.69) is 5.10 Å². The Kier molecular flexibility index (Phi) is 4.52. The van der Waals surface area contributed by atoms with E-state index in [1.165, 1.54) is 4.68 Å². The van der Waals surface area contributed by atoms with Crippen molar-refractivity contribution < 1.29 is 17.9 Å². The summed E-state index contributed by atoms with van der Waals surface area (Å²) in [5, 5.41) is 3.69. The third-order valence-electron chi connectivity index (χ3n) is 2.96. The number of ether oxygens (including phenoxy) is 1. The van der Waals surface area contributed by atoms with Crippen molar-refractivity contribution in [1.29, 1.82) is 0 Å². The van der Waals surface area contributed by atoms with Crippen molar-refractivity contribution in [3.63, 3.8) is 0 Å². The molecule has 1 atom stereocenters. The van der Waals surface area contributed by atoms with Gasteiger partial charge in [0.05, 0.1) is 24.9 Å². The lowest BCUT2D eigenvalue weighted by Crippen LogP contribution is -2.18. The number of benzene rings is 1. The molecule has 0 saturated carbocycles. The Morgan fingerprint density at radius 3 is 2.48 bits per heavy atom. The fourth-order valence-electron chi connectivity index (χ4n) is 1.89. The van der Waals surface area contributed by atoms with Crippen molar-refractivity contribution in [2.24, 2.45) is 5.73 Å². The molecule has 1 unspecified atom stereocenters. The maximum Gasteiger partial charge on any atom is 0.419 e. The van der Waals surface area contributed by atoms with Crippen LogP contribution in [0.5, 0.6) is 5.75 Å². The molecular formula is C14H16F3N3O. The smallest absolute Gasteiger partial charge is 0.419 e. The predicted molar refractivity (Wildman–Crippen MR) is 71.8 cm³/mol. The van der Waals surface area contributed by atoms with E-state index in [1.807, 2.05) is 6.92 Å². The van der Waals surface area contributed by atoms with Gasteiger partial charge in [-0.1, -0.05) is 12.1 Å². The standard InChI is InChI=1S/C14H16F3N3O/c1-2-21-12-5-3-10(4-6-12)13(18)9-20-8-11(7-19-20)14(15,16)17/h3-8,13H,2,9,18H2,1H3. The van der Waals surface area contributed by atoms with Crippen molar-refractivity contribution >= 4 is 0 Å². The predicted octanol–water partition coefficient (Wildman–Crippen LogP) is 3.00. The average molecular weight is 299 g/mol. The first kappa shape index (κ1) is 15.4. The highest BCUT2D eigenvalue weighted by Crippen LogP contribution is 2.28. The lowest BCUT2D eigenvalue weighted by atomic mass is 10.1. The Balaban J connectivity index is 2.03. The fourth-order valence-corrected chi connectivity index (χ4v) is 1.89. The molecule has 1 heterocycles. The Labute approximate surface area is 120 Å². The molecule has 7 heteroatoms. The first-order valence-electron chi connectivity index (χ1n) is 6.48. The van der Waals surface area contributed by atoms with Crippen molar-refractivity contribution in [3.8, 4) is 5.75 Å². The largest absolute Gasteiger partial charge is 0.494 e. The molecule has 2 rings (SSSR count). The maximum absolute atomic E-state index is 12.5. The lowest BCUT2D eigenvalue weighted by molar-refractivity contribution is -0.137. The van der Waals surface area contributed by atoms with Crippen LogP contribution in [0.15, 0.2) is 36.7 Å². The number of alkyl halides is 3. The van der Waals surface area contributed by atoms with E-state index in [0.29, 0.717) is 6.61 Å². The Morgan fingerprint density at radius 2 is 1.95 bits per heavy atom. The summed E-state index contributed by atoms with van der Waals surface area (Å²) < 4.78 is 44.0. The highest BCUT2D eigenvalue weighted by Gasteiger charge is 2.32. The molecule has 1 aromatic carbocycles. The summed E-state index contributed by atoms with van der Waals surface area (Å²) in [7, 11) is 0. The number of aromatic nitrogens is 2. The van der Waals surface area contributed by atoms with Gasteiger partial charge in [0, 0.05) is 12.2 Å². The van der Waals surface area contributed by atoms with Gasteiger partial charge in [-0.15, -0.1) is 0 Å².